The molecule has 0 spiro atoms. The van der Waals surface area contributed by atoms with E-state index in [0.717, 1.165) is 6.07 Å². The van der Waals surface area contributed by atoms with Crippen molar-refractivity contribution in [1.82, 2.24) is 24.7 Å². The summed E-state index contributed by atoms with van der Waals surface area (Å²) in [5.74, 6) is -1.43. The van der Waals surface area contributed by atoms with Crippen LogP contribution in [0.2, 0.25) is 0 Å². The maximum Gasteiger partial charge on any atom is 2.00 e. The van der Waals surface area contributed by atoms with Gasteiger partial charge in [-0.25, -0.2) is 21.2 Å². The molecule has 0 radical (unpaired) electrons. The van der Waals surface area contributed by atoms with Crippen molar-refractivity contribution in [3.05, 3.63) is 89.5 Å². The molecule has 0 N–H and O–H groups in total. The van der Waals surface area contributed by atoms with E-state index in [9.17, 15) is 30.7 Å². The van der Waals surface area contributed by atoms with Gasteiger partial charge in [-0.2, -0.15) is 37.5 Å². The van der Waals surface area contributed by atoms with E-state index in [0.29, 0.717) is 16.9 Å². The third kappa shape index (κ3) is 5.33. The first kappa shape index (κ1) is 27.4. The molecule has 0 aromatic carbocycles. The quantitative estimate of drug-likeness (QED) is 0.154. The van der Waals surface area contributed by atoms with Crippen LogP contribution in [0.25, 0.3) is 17.1 Å². The zero-order valence-electron chi connectivity index (χ0n) is 18.3. The van der Waals surface area contributed by atoms with Crippen LogP contribution in [0.3, 0.4) is 0 Å². The molecule has 0 amide bonds. The second-order valence-corrected chi connectivity index (χ2v) is 7.92. The van der Waals surface area contributed by atoms with Gasteiger partial charge in [0, 0.05) is 11.9 Å². The standard InChI is InChI=1S/C23H14F7N5.Pt/c1-21(2,16-8-3-7-15(32-16)13-6-5-11-31-20(13)24)19-14(22(25,26)27)12-35(34-19)18-10-4-9-17(33-18)23(28,29)30;/h3-5,7-9,11-12H,1-2H3;/q-2;+2. The van der Waals surface area contributed by atoms with Gasteiger partial charge in [0.15, 0.2) is 0 Å². The molecule has 0 saturated heterocycles. The normalized spacial score (nSPS) is 12.4. The Labute approximate surface area is 214 Å². The maximum absolute atomic E-state index is 14.1. The molecule has 13 heteroatoms. The van der Waals surface area contributed by atoms with Crippen LogP contribution in [0.1, 0.15) is 36.5 Å². The zero-order chi connectivity index (χ0) is 25.6. The van der Waals surface area contributed by atoms with Gasteiger partial charge in [-0.15, -0.1) is 12.1 Å². The van der Waals surface area contributed by atoms with Crippen LogP contribution in [-0.4, -0.2) is 24.7 Å². The molecule has 0 fully saturated rings. The molecule has 0 saturated carbocycles. The van der Waals surface area contributed by atoms with E-state index in [1.807, 2.05) is 0 Å². The Bertz CT molecular complexity index is 1380. The fourth-order valence-electron chi connectivity index (χ4n) is 3.38. The third-order valence-electron chi connectivity index (χ3n) is 5.14. The number of halogens is 7. The Morgan fingerprint density at radius 2 is 1.58 bits per heavy atom. The average molecular weight is 688 g/mol. The van der Waals surface area contributed by atoms with Gasteiger partial charge in [0.1, 0.15) is 5.95 Å². The molecule has 0 aliphatic rings. The topological polar surface area (TPSA) is 56.5 Å². The van der Waals surface area contributed by atoms with Crippen LogP contribution in [0.5, 0.6) is 0 Å². The molecular weight excluding hydrogens is 674 g/mol. The minimum absolute atomic E-state index is 0. The van der Waals surface area contributed by atoms with E-state index in [1.165, 1.54) is 44.3 Å². The maximum atomic E-state index is 14.1. The molecule has 4 aromatic heterocycles. The number of rotatable bonds is 4. The largest absolute Gasteiger partial charge is 2.00 e. The zero-order valence-corrected chi connectivity index (χ0v) is 20.6. The van der Waals surface area contributed by atoms with E-state index in [2.05, 4.69) is 32.2 Å². The van der Waals surface area contributed by atoms with Crippen LogP contribution >= 0.6 is 0 Å². The molecule has 190 valence electrons. The van der Waals surface area contributed by atoms with E-state index >= 15 is 0 Å². The summed E-state index contributed by atoms with van der Waals surface area (Å²) in [5.41, 5.74) is -4.41. The SMILES string of the molecule is CC(C)(c1cccc(-c2[c-]ccnc2F)n1)c1nn(-c2[c-]ccc(C(F)(F)F)n2)cc1C(F)(F)F.[Pt+2]. The number of hydrogen-bond acceptors (Lipinski definition) is 4. The van der Waals surface area contributed by atoms with Gasteiger partial charge in [-0.3, -0.25) is 4.98 Å². The van der Waals surface area contributed by atoms with Gasteiger partial charge in [0.25, 0.3) is 0 Å². The van der Waals surface area contributed by atoms with Crippen LogP contribution < -0.4 is 0 Å². The Kier molecular flexibility index (Phi) is 7.41. The summed E-state index contributed by atoms with van der Waals surface area (Å²) < 4.78 is 95.7. The van der Waals surface area contributed by atoms with Crippen LogP contribution in [-0.2, 0) is 38.8 Å². The van der Waals surface area contributed by atoms with Crippen molar-refractivity contribution in [2.24, 2.45) is 0 Å². The minimum atomic E-state index is -4.90. The summed E-state index contributed by atoms with van der Waals surface area (Å²) in [6.45, 7) is 2.82. The van der Waals surface area contributed by atoms with Crippen molar-refractivity contribution < 1.29 is 51.8 Å². The summed E-state index contributed by atoms with van der Waals surface area (Å²) in [6.07, 6.45) is -7.97. The van der Waals surface area contributed by atoms with Crippen molar-refractivity contribution in [3.63, 3.8) is 0 Å². The van der Waals surface area contributed by atoms with Crippen LogP contribution in [0, 0.1) is 18.1 Å². The predicted octanol–water partition coefficient (Wildman–Crippen LogP) is 5.82. The van der Waals surface area contributed by atoms with E-state index in [1.54, 1.807) is 0 Å². The van der Waals surface area contributed by atoms with Crippen molar-refractivity contribution in [1.29, 1.82) is 0 Å². The van der Waals surface area contributed by atoms with Gasteiger partial charge in [0.05, 0.1) is 28.2 Å². The van der Waals surface area contributed by atoms with Gasteiger partial charge in [-0.1, -0.05) is 23.9 Å². The molecule has 0 unspecified atom stereocenters. The van der Waals surface area contributed by atoms with Crippen LogP contribution in [0.15, 0.2) is 48.8 Å². The summed E-state index contributed by atoms with van der Waals surface area (Å²) >= 11 is 0. The molecule has 36 heavy (non-hydrogen) atoms. The number of alkyl halides is 6. The monoisotopic (exact) mass is 688 g/mol. The van der Waals surface area contributed by atoms with Crippen LogP contribution in [0.4, 0.5) is 30.7 Å². The Morgan fingerprint density at radius 1 is 0.861 bits per heavy atom. The molecule has 0 bridgehead atoms. The molecular formula is C23H14F7N5Pt. The average Bonchev–Trinajstić information content (AvgIpc) is 3.26. The predicted molar refractivity (Wildman–Crippen MR) is 109 cm³/mol. The first-order valence-electron chi connectivity index (χ1n) is 9.92. The molecule has 5 nitrogen and oxygen atoms in total. The molecule has 4 heterocycles. The van der Waals surface area contributed by atoms with E-state index in [4.69, 9.17) is 0 Å². The summed E-state index contributed by atoms with van der Waals surface area (Å²) in [7, 11) is 0. The first-order chi connectivity index (χ1) is 16.3. The molecule has 0 aliphatic carbocycles. The number of aromatic nitrogens is 5. The van der Waals surface area contributed by atoms with Gasteiger partial charge in [-0.05, 0) is 25.6 Å². The first-order valence-corrected chi connectivity index (χ1v) is 9.92. The summed E-state index contributed by atoms with van der Waals surface area (Å²) in [5, 5.41) is 3.94. The van der Waals surface area contributed by atoms with Gasteiger partial charge < -0.3 is 9.97 Å². The van der Waals surface area contributed by atoms with Gasteiger partial charge >= 0.3 is 33.4 Å². The summed E-state index contributed by atoms with van der Waals surface area (Å²) in [6, 6.07) is 12.3. The van der Waals surface area contributed by atoms with Crippen molar-refractivity contribution in [2.45, 2.75) is 31.6 Å². The van der Waals surface area contributed by atoms with Crippen molar-refractivity contribution in [2.75, 3.05) is 0 Å². The van der Waals surface area contributed by atoms with E-state index < -0.39 is 46.5 Å². The second-order valence-electron chi connectivity index (χ2n) is 7.92. The van der Waals surface area contributed by atoms with Crippen molar-refractivity contribution >= 4 is 0 Å². The van der Waals surface area contributed by atoms with Gasteiger partial charge in [0.2, 0.25) is 0 Å². The number of hydrogen-bond donors (Lipinski definition) is 0. The molecule has 4 aromatic rings. The number of nitrogens with zero attached hydrogens (tertiary/aromatic N) is 5. The number of pyridine rings is 3. The fraction of sp³-hybridized carbons (Fsp3) is 0.217. The molecule has 0 atom stereocenters. The Hall–Kier alpha value is -3.14. The second kappa shape index (κ2) is 9.72. The van der Waals surface area contributed by atoms with E-state index in [-0.39, 0.29) is 38.0 Å². The fourth-order valence-corrected chi connectivity index (χ4v) is 3.38. The Morgan fingerprint density at radius 3 is 2.22 bits per heavy atom. The molecule has 4 rings (SSSR count). The third-order valence-corrected chi connectivity index (χ3v) is 5.14. The Balaban J connectivity index is 0.00000361. The summed E-state index contributed by atoms with van der Waals surface area (Å²) in [4.78, 5) is 11.2. The molecule has 0 aliphatic heterocycles. The smallest absolute Gasteiger partial charge is 0.326 e. The van der Waals surface area contributed by atoms with Crippen molar-refractivity contribution in [3.8, 4) is 17.1 Å². The minimum Gasteiger partial charge on any atom is -0.326 e.